The first kappa shape index (κ1) is 28.2. The number of amides is 2. The number of hydrogen-bond acceptors (Lipinski definition) is 5. The molecule has 0 radical (unpaired) electrons. The number of aromatic nitrogens is 2. The Morgan fingerprint density at radius 3 is 2.69 bits per heavy atom. The molecule has 1 atom stereocenters. The summed E-state index contributed by atoms with van der Waals surface area (Å²) in [6.07, 6.45) is 15.9. The zero-order valence-corrected chi connectivity index (χ0v) is 23.5. The molecule has 8 nitrogen and oxygen atoms in total. The van der Waals surface area contributed by atoms with E-state index >= 15 is 0 Å². The molecule has 42 heavy (non-hydrogen) atoms. The van der Waals surface area contributed by atoms with Crippen molar-refractivity contribution in [3.8, 4) is 0 Å². The van der Waals surface area contributed by atoms with Crippen molar-refractivity contribution in [1.82, 2.24) is 25.7 Å². The summed E-state index contributed by atoms with van der Waals surface area (Å²) in [5.41, 5.74) is 4.06. The molecular weight excluding hydrogens is 538 g/mol. The van der Waals surface area contributed by atoms with E-state index in [0.717, 1.165) is 42.3 Å². The number of dihydropyridines is 1. The molecule has 6 rings (SSSR count). The average molecular weight is 575 g/mol. The third-order valence-electron chi connectivity index (χ3n) is 8.51. The van der Waals surface area contributed by atoms with Crippen LogP contribution in [-0.2, 0) is 4.79 Å². The number of alkyl halides is 2. The Morgan fingerprint density at radius 2 is 1.88 bits per heavy atom. The van der Waals surface area contributed by atoms with Crippen molar-refractivity contribution in [2.75, 3.05) is 26.2 Å². The summed E-state index contributed by atoms with van der Waals surface area (Å²) in [7, 11) is 0. The SMILES string of the molecule is O=C(NC1CCCC1)C1=CCC=C(NC(=O)c2n[nH]c3ccc(C4=CC(CN5CCC(F)(F)CC5)CN=C4)cc23)C=C1. The minimum Gasteiger partial charge on any atom is -0.349 e. The van der Waals surface area contributed by atoms with Gasteiger partial charge in [-0.15, -0.1) is 0 Å². The van der Waals surface area contributed by atoms with Gasteiger partial charge >= 0.3 is 0 Å². The fraction of sp³-hybridized carbons (Fsp3) is 0.438. The van der Waals surface area contributed by atoms with Gasteiger partial charge in [-0.2, -0.15) is 5.10 Å². The van der Waals surface area contributed by atoms with Gasteiger partial charge in [-0.3, -0.25) is 19.7 Å². The summed E-state index contributed by atoms with van der Waals surface area (Å²) >= 11 is 0. The number of aromatic amines is 1. The summed E-state index contributed by atoms with van der Waals surface area (Å²) < 4.78 is 27.1. The molecule has 2 fully saturated rings. The zero-order valence-electron chi connectivity index (χ0n) is 23.5. The van der Waals surface area contributed by atoms with Crippen LogP contribution in [-0.4, -0.2) is 71.3 Å². The molecule has 2 aromatic rings. The Bertz CT molecular complexity index is 1500. The van der Waals surface area contributed by atoms with Gasteiger partial charge in [0.15, 0.2) is 5.69 Å². The number of carbonyl (C=O) groups is 2. The van der Waals surface area contributed by atoms with Gasteiger partial charge in [0.2, 0.25) is 0 Å². The summed E-state index contributed by atoms with van der Waals surface area (Å²) in [5, 5.41) is 14.0. The number of carbonyl (C=O) groups excluding carboxylic acids is 2. The number of rotatable bonds is 7. The number of aliphatic imine (C=N–C) groups is 1. The molecule has 3 heterocycles. The second-order valence-electron chi connectivity index (χ2n) is 11.7. The van der Waals surface area contributed by atoms with E-state index < -0.39 is 5.92 Å². The monoisotopic (exact) mass is 574 g/mol. The number of piperidine rings is 1. The van der Waals surface area contributed by atoms with E-state index in [1.54, 1.807) is 12.2 Å². The van der Waals surface area contributed by atoms with Crippen molar-refractivity contribution in [3.63, 3.8) is 0 Å². The molecule has 0 bridgehead atoms. The van der Waals surface area contributed by atoms with Crippen LogP contribution in [0.15, 0.2) is 64.8 Å². The van der Waals surface area contributed by atoms with Gasteiger partial charge in [-0.25, -0.2) is 8.78 Å². The van der Waals surface area contributed by atoms with Crippen molar-refractivity contribution in [2.45, 2.75) is 56.9 Å². The summed E-state index contributed by atoms with van der Waals surface area (Å²) in [5.74, 6) is -2.85. The number of nitrogens with zero attached hydrogens (tertiary/aromatic N) is 3. The van der Waals surface area contributed by atoms with Gasteiger partial charge in [-0.1, -0.05) is 37.1 Å². The van der Waals surface area contributed by atoms with Crippen molar-refractivity contribution in [1.29, 1.82) is 0 Å². The normalized spacial score (nSPS) is 22.8. The zero-order chi connectivity index (χ0) is 29.1. The molecule has 220 valence electrons. The van der Waals surface area contributed by atoms with Crippen LogP contribution in [0.3, 0.4) is 0 Å². The fourth-order valence-corrected chi connectivity index (χ4v) is 6.10. The smallest absolute Gasteiger partial charge is 0.276 e. The topological polar surface area (TPSA) is 102 Å². The maximum absolute atomic E-state index is 13.6. The second kappa shape index (κ2) is 12.1. The number of H-pyrrole nitrogens is 1. The van der Waals surface area contributed by atoms with Gasteiger partial charge < -0.3 is 15.5 Å². The largest absolute Gasteiger partial charge is 0.349 e. The van der Waals surface area contributed by atoms with E-state index in [9.17, 15) is 18.4 Å². The summed E-state index contributed by atoms with van der Waals surface area (Å²) in [4.78, 5) is 32.6. The van der Waals surface area contributed by atoms with Crippen molar-refractivity contribution in [3.05, 3.63) is 71.1 Å². The quantitative estimate of drug-likeness (QED) is 0.436. The molecule has 2 aliphatic heterocycles. The lowest BCUT2D eigenvalue weighted by Crippen LogP contribution is -2.42. The third-order valence-corrected chi connectivity index (χ3v) is 8.51. The number of nitrogens with one attached hydrogen (secondary N) is 3. The molecule has 2 aliphatic carbocycles. The van der Waals surface area contributed by atoms with E-state index in [2.05, 4.69) is 36.8 Å². The van der Waals surface area contributed by atoms with E-state index in [4.69, 9.17) is 0 Å². The third kappa shape index (κ3) is 6.59. The number of benzene rings is 1. The molecule has 1 aromatic heterocycles. The molecule has 1 unspecified atom stereocenters. The van der Waals surface area contributed by atoms with Crippen LogP contribution < -0.4 is 10.6 Å². The van der Waals surface area contributed by atoms with Crippen LogP contribution in [0, 0.1) is 5.92 Å². The lowest BCUT2D eigenvalue weighted by Gasteiger charge is -2.33. The van der Waals surface area contributed by atoms with E-state index in [-0.39, 0.29) is 42.3 Å². The van der Waals surface area contributed by atoms with Gasteiger partial charge in [0.05, 0.1) is 5.52 Å². The van der Waals surface area contributed by atoms with E-state index in [0.29, 0.717) is 49.3 Å². The highest BCUT2D eigenvalue weighted by Crippen LogP contribution is 2.29. The Morgan fingerprint density at radius 1 is 1.07 bits per heavy atom. The molecule has 10 heteroatoms. The maximum atomic E-state index is 13.6. The first-order valence-electron chi connectivity index (χ1n) is 14.8. The van der Waals surface area contributed by atoms with Crippen LogP contribution in [0.1, 0.15) is 61.0 Å². The molecule has 0 spiro atoms. The van der Waals surface area contributed by atoms with E-state index in [1.807, 2.05) is 36.6 Å². The average Bonchev–Trinajstić information content (AvgIpc) is 3.59. The molecule has 1 saturated carbocycles. The lowest BCUT2D eigenvalue weighted by molar-refractivity contribution is -0.117. The Hall–Kier alpha value is -3.92. The Labute approximate surface area is 243 Å². The van der Waals surface area contributed by atoms with Crippen molar-refractivity contribution in [2.24, 2.45) is 10.9 Å². The molecule has 3 N–H and O–H groups in total. The fourth-order valence-electron chi connectivity index (χ4n) is 6.10. The highest BCUT2D eigenvalue weighted by molar-refractivity contribution is 6.13. The Balaban J connectivity index is 1.11. The second-order valence-corrected chi connectivity index (χ2v) is 11.7. The van der Waals surface area contributed by atoms with Gasteiger partial charge in [0, 0.05) is 73.9 Å². The summed E-state index contributed by atoms with van der Waals surface area (Å²) in [6.45, 7) is 2.11. The molecular formula is C32H36F2N6O2. The van der Waals surface area contributed by atoms with E-state index in [1.165, 1.54) is 0 Å². The van der Waals surface area contributed by atoms with Gasteiger partial charge in [0.25, 0.3) is 17.7 Å². The highest BCUT2D eigenvalue weighted by Gasteiger charge is 2.34. The lowest BCUT2D eigenvalue weighted by atomic mass is 9.95. The number of allylic oxidation sites excluding steroid dienone is 4. The molecule has 2 amide bonds. The van der Waals surface area contributed by atoms with Crippen LogP contribution in [0.4, 0.5) is 8.78 Å². The Kier molecular flexibility index (Phi) is 8.15. The molecule has 1 aromatic carbocycles. The minimum absolute atomic E-state index is 0.0785. The predicted octanol–water partition coefficient (Wildman–Crippen LogP) is 4.94. The van der Waals surface area contributed by atoms with Crippen molar-refractivity contribution < 1.29 is 18.4 Å². The van der Waals surface area contributed by atoms with Crippen molar-refractivity contribution >= 4 is 34.5 Å². The maximum Gasteiger partial charge on any atom is 0.276 e. The van der Waals surface area contributed by atoms with Crippen LogP contribution in [0.5, 0.6) is 0 Å². The first-order chi connectivity index (χ1) is 20.3. The molecule has 1 saturated heterocycles. The minimum atomic E-state index is -2.56. The number of hydrogen-bond donors (Lipinski definition) is 3. The van der Waals surface area contributed by atoms with Gasteiger partial charge in [0.1, 0.15) is 0 Å². The van der Waals surface area contributed by atoms with Crippen LogP contribution in [0.2, 0.25) is 0 Å². The number of fused-ring (bicyclic) bond motifs is 1. The first-order valence-corrected chi connectivity index (χ1v) is 14.8. The standard InChI is InChI=1S/C32H36F2N6O2/c33-32(34)12-14-40(15-13-32)20-21-16-24(19-35-18-21)23-9-11-28-27(17-23)29(39-38-28)31(42)37-26-7-3-4-22(8-10-26)30(41)36-25-5-1-2-6-25/h4,7-11,16-17,19,21,25H,1-3,5-6,12-15,18,20H2,(H,36,41)(H,37,42)(H,38,39). The molecule has 4 aliphatic rings. The van der Waals surface area contributed by atoms with Crippen LogP contribution in [0.25, 0.3) is 16.5 Å². The van der Waals surface area contributed by atoms with Gasteiger partial charge in [-0.05, 0) is 54.7 Å². The highest BCUT2D eigenvalue weighted by atomic mass is 19.3. The van der Waals surface area contributed by atoms with Crippen LogP contribution >= 0.6 is 0 Å². The number of likely N-dealkylation sites (tertiary alicyclic amines) is 1. The number of halogens is 2. The predicted molar refractivity (Wildman–Crippen MR) is 159 cm³/mol. The summed E-state index contributed by atoms with van der Waals surface area (Å²) in [6, 6.07) is 6.03.